The van der Waals surface area contributed by atoms with Crippen molar-refractivity contribution in [3.8, 4) is 0 Å². The first-order valence-corrected chi connectivity index (χ1v) is 5.29. The third-order valence-electron chi connectivity index (χ3n) is 2.07. The van der Waals surface area contributed by atoms with E-state index in [9.17, 15) is 0 Å². The van der Waals surface area contributed by atoms with Gasteiger partial charge in [0, 0.05) is 24.3 Å². The van der Waals surface area contributed by atoms with Crippen LogP contribution in [0.5, 0.6) is 0 Å². The largest absolute Gasteiger partial charge is 0.389 e. The normalized spacial score (nSPS) is 10.3. The van der Waals surface area contributed by atoms with Gasteiger partial charge in [0.2, 0.25) is 0 Å². The van der Waals surface area contributed by atoms with E-state index in [1.165, 1.54) is 0 Å². The highest BCUT2D eigenvalue weighted by molar-refractivity contribution is 7.80. The predicted molar refractivity (Wildman–Crippen MR) is 69.4 cm³/mol. The van der Waals surface area contributed by atoms with Crippen LogP contribution >= 0.6 is 12.2 Å². The maximum absolute atomic E-state index is 5.63. The number of rotatable bonds is 5. The first kappa shape index (κ1) is 11.9. The minimum Gasteiger partial charge on any atom is -0.389 e. The van der Waals surface area contributed by atoms with Crippen LogP contribution in [0.2, 0.25) is 0 Å². The van der Waals surface area contributed by atoms with Crippen molar-refractivity contribution in [3.63, 3.8) is 0 Å². The molecule has 0 amide bonds. The fraction of sp³-hybridized carbons (Fsp3) is 0.364. The number of para-hydroxylation sites is 1. The predicted octanol–water partition coefficient (Wildman–Crippen LogP) is 1.29. The van der Waals surface area contributed by atoms with Gasteiger partial charge in [-0.3, -0.25) is 0 Å². The molecule has 0 bridgehead atoms. The molecule has 0 saturated heterocycles. The highest BCUT2D eigenvalue weighted by Gasteiger charge is 2.02. The molecule has 1 rings (SSSR count). The number of benzene rings is 1. The molecule has 0 fully saturated rings. The summed E-state index contributed by atoms with van der Waals surface area (Å²) < 4.78 is 0. The SMILES string of the molecule is CN(C)CCNc1ccccc1C(N)=S. The van der Waals surface area contributed by atoms with E-state index in [0.717, 1.165) is 24.3 Å². The van der Waals surface area contributed by atoms with Crippen LogP contribution in [-0.2, 0) is 0 Å². The Hall–Kier alpha value is -1.13. The van der Waals surface area contributed by atoms with Crippen molar-refractivity contribution in [2.24, 2.45) is 5.73 Å². The second-order valence-electron chi connectivity index (χ2n) is 3.64. The summed E-state index contributed by atoms with van der Waals surface area (Å²) in [4.78, 5) is 2.55. The highest BCUT2D eigenvalue weighted by Crippen LogP contribution is 2.14. The van der Waals surface area contributed by atoms with Crippen LogP contribution in [0, 0.1) is 0 Å². The molecular weight excluding hydrogens is 206 g/mol. The number of hydrogen-bond acceptors (Lipinski definition) is 3. The van der Waals surface area contributed by atoms with E-state index in [2.05, 4.69) is 10.2 Å². The van der Waals surface area contributed by atoms with Gasteiger partial charge < -0.3 is 16.0 Å². The third-order valence-corrected chi connectivity index (χ3v) is 2.29. The minimum atomic E-state index is 0.433. The lowest BCUT2D eigenvalue weighted by atomic mass is 10.2. The van der Waals surface area contributed by atoms with E-state index < -0.39 is 0 Å². The van der Waals surface area contributed by atoms with Gasteiger partial charge >= 0.3 is 0 Å². The molecule has 0 aromatic heterocycles. The van der Waals surface area contributed by atoms with Gasteiger partial charge in [0.05, 0.1) is 0 Å². The first-order valence-electron chi connectivity index (χ1n) is 4.88. The Morgan fingerprint density at radius 1 is 1.40 bits per heavy atom. The van der Waals surface area contributed by atoms with Gasteiger partial charge in [0.1, 0.15) is 4.99 Å². The number of hydrogen-bond donors (Lipinski definition) is 2. The molecule has 0 heterocycles. The maximum Gasteiger partial charge on any atom is 0.106 e. The Balaban J connectivity index is 2.63. The summed E-state index contributed by atoms with van der Waals surface area (Å²) in [7, 11) is 4.09. The summed E-state index contributed by atoms with van der Waals surface area (Å²) in [5.74, 6) is 0. The van der Waals surface area contributed by atoms with E-state index in [-0.39, 0.29) is 0 Å². The smallest absolute Gasteiger partial charge is 0.106 e. The quantitative estimate of drug-likeness (QED) is 0.738. The van der Waals surface area contributed by atoms with Gasteiger partial charge in [0.15, 0.2) is 0 Å². The van der Waals surface area contributed by atoms with Gasteiger partial charge in [-0.1, -0.05) is 24.4 Å². The Bertz CT molecular complexity index is 336. The van der Waals surface area contributed by atoms with Crippen LogP contribution in [0.1, 0.15) is 5.56 Å². The van der Waals surface area contributed by atoms with Crippen molar-refractivity contribution in [2.45, 2.75) is 0 Å². The molecule has 0 aliphatic rings. The fourth-order valence-electron chi connectivity index (χ4n) is 1.27. The van der Waals surface area contributed by atoms with Crippen molar-refractivity contribution >= 4 is 22.9 Å². The molecule has 0 unspecified atom stereocenters. The van der Waals surface area contributed by atoms with Crippen LogP contribution < -0.4 is 11.1 Å². The van der Waals surface area contributed by atoms with Gasteiger partial charge in [-0.05, 0) is 26.2 Å². The lowest BCUT2D eigenvalue weighted by molar-refractivity contribution is 0.425. The Labute approximate surface area is 96.3 Å². The lowest BCUT2D eigenvalue weighted by Gasteiger charge is -2.13. The molecule has 0 atom stereocenters. The molecule has 0 saturated carbocycles. The van der Waals surface area contributed by atoms with Gasteiger partial charge in [-0.15, -0.1) is 0 Å². The molecule has 3 N–H and O–H groups in total. The third kappa shape index (κ3) is 3.85. The van der Waals surface area contributed by atoms with E-state index in [0.29, 0.717) is 4.99 Å². The molecule has 0 spiro atoms. The number of thiocarbonyl (C=S) groups is 1. The number of nitrogens with two attached hydrogens (primary N) is 1. The maximum atomic E-state index is 5.63. The standard InChI is InChI=1S/C11H17N3S/c1-14(2)8-7-13-10-6-4-3-5-9(10)11(12)15/h3-6,13H,7-8H2,1-2H3,(H2,12,15). The number of anilines is 1. The summed E-state index contributed by atoms with van der Waals surface area (Å²) >= 11 is 4.98. The Kier molecular flexibility index (Phi) is 4.52. The van der Waals surface area contributed by atoms with E-state index in [4.69, 9.17) is 18.0 Å². The zero-order valence-corrected chi connectivity index (χ0v) is 9.97. The van der Waals surface area contributed by atoms with Crippen molar-refractivity contribution in [2.75, 3.05) is 32.5 Å². The molecule has 0 aliphatic heterocycles. The van der Waals surface area contributed by atoms with Gasteiger partial charge in [0.25, 0.3) is 0 Å². The highest BCUT2D eigenvalue weighted by atomic mass is 32.1. The average Bonchev–Trinajstić information content (AvgIpc) is 2.17. The number of nitrogens with zero attached hydrogens (tertiary/aromatic N) is 1. The van der Waals surface area contributed by atoms with Crippen LogP contribution in [0.4, 0.5) is 5.69 Å². The molecule has 1 aromatic carbocycles. The average molecular weight is 223 g/mol. The zero-order chi connectivity index (χ0) is 11.3. The van der Waals surface area contributed by atoms with E-state index in [1.807, 2.05) is 38.4 Å². The zero-order valence-electron chi connectivity index (χ0n) is 9.16. The lowest BCUT2D eigenvalue weighted by Crippen LogP contribution is -2.22. The molecule has 4 heteroatoms. The molecular formula is C11H17N3S. The summed E-state index contributed by atoms with van der Waals surface area (Å²) in [5, 5.41) is 3.32. The molecule has 15 heavy (non-hydrogen) atoms. The second kappa shape index (κ2) is 5.68. The molecule has 3 nitrogen and oxygen atoms in total. The summed E-state index contributed by atoms with van der Waals surface area (Å²) in [5.41, 5.74) is 7.54. The van der Waals surface area contributed by atoms with Crippen LogP contribution in [-0.4, -0.2) is 37.1 Å². The molecule has 82 valence electrons. The molecule has 0 aliphatic carbocycles. The number of nitrogens with one attached hydrogen (secondary N) is 1. The van der Waals surface area contributed by atoms with Crippen molar-refractivity contribution in [1.82, 2.24) is 4.90 Å². The van der Waals surface area contributed by atoms with Crippen molar-refractivity contribution in [1.29, 1.82) is 0 Å². The van der Waals surface area contributed by atoms with Gasteiger partial charge in [-0.2, -0.15) is 0 Å². The first-order chi connectivity index (χ1) is 7.11. The fourth-order valence-corrected chi connectivity index (χ4v) is 1.44. The summed E-state index contributed by atoms with van der Waals surface area (Å²) in [6, 6.07) is 7.83. The van der Waals surface area contributed by atoms with Crippen molar-refractivity contribution < 1.29 is 0 Å². The van der Waals surface area contributed by atoms with Crippen LogP contribution in [0.25, 0.3) is 0 Å². The van der Waals surface area contributed by atoms with Crippen LogP contribution in [0.3, 0.4) is 0 Å². The molecule has 0 radical (unpaired) electrons. The Morgan fingerprint density at radius 2 is 2.07 bits per heavy atom. The Morgan fingerprint density at radius 3 is 2.67 bits per heavy atom. The number of likely N-dealkylation sites (N-methyl/N-ethyl adjacent to an activating group) is 1. The summed E-state index contributed by atoms with van der Waals surface area (Å²) in [6.07, 6.45) is 0. The topological polar surface area (TPSA) is 41.3 Å². The monoisotopic (exact) mass is 223 g/mol. The van der Waals surface area contributed by atoms with Gasteiger partial charge in [-0.25, -0.2) is 0 Å². The summed E-state index contributed by atoms with van der Waals surface area (Å²) in [6.45, 7) is 1.86. The molecule has 1 aromatic rings. The van der Waals surface area contributed by atoms with Crippen LogP contribution in [0.15, 0.2) is 24.3 Å². The van der Waals surface area contributed by atoms with Crippen molar-refractivity contribution in [3.05, 3.63) is 29.8 Å². The minimum absolute atomic E-state index is 0.433. The second-order valence-corrected chi connectivity index (χ2v) is 4.08. The van der Waals surface area contributed by atoms with E-state index in [1.54, 1.807) is 0 Å². The van der Waals surface area contributed by atoms with E-state index >= 15 is 0 Å².